The fourth-order valence-corrected chi connectivity index (χ4v) is 5.17. The fraction of sp³-hybridized carbons (Fsp3) is 0.400. The number of carbonyl (C=O) groups excluding carboxylic acids is 1. The van der Waals surface area contributed by atoms with Crippen molar-refractivity contribution < 1.29 is 13.9 Å². The second-order valence-corrected chi connectivity index (χ2v) is 8.97. The molecule has 150 valence electrons. The summed E-state index contributed by atoms with van der Waals surface area (Å²) in [6.45, 7) is 2.11. The molecule has 4 nitrogen and oxygen atoms in total. The molecule has 0 radical (unpaired) electrons. The summed E-state index contributed by atoms with van der Waals surface area (Å²) >= 11 is 10.1. The van der Waals surface area contributed by atoms with E-state index in [4.69, 9.17) is 17.0 Å². The van der Waals surface area contributed by atoms with Gasteiger partial charge in [-0.3, -0.25) is 0 Å². The summed E-state index contributed by atoms with van der Waals surface area (Å²) in [5.74, 6) is -0.747. The summed E-state index contributed by atoms with van der Waals surface area (Å²) in [6.07, 6.45) is 6.37. The SMILES string of the molecule is CCOC(=O)c1c(NC(=S)Nc2ccc(Br)cc2F)sc2c1CCCCCC2. The first-order valence-electron chi connectivity index (χ1n) is 9.34. The van der Waals surface area contributed by atoms with Crippen molar-refractivity contribution in [1.82, 2.24) is 0 Å². The molecule has 1 heterocycles. The van der Waals surface area contributed by atoms with Gasteiger partial charge in [0.05, 0.1) is 17.9 Å². The number of benzene rings is 1. The number of ether oxygens (including phenoxy) is 1. The number of aryl methyl sites for hydroxylation is 1. The van der Waals surface area contributed by atoms with Crippen LogP contribution in [0.3, 0.4) is 0 Å². The molecule has 0 aliphatic heterocycles. The van der Waals surface area contributed by atoms with Gasteiger partial charge in [0.2, 0.25) is 0 Å². The van der Waals surface area contributed by atoms with E-state index in [1.807, 2.05) is 0 Å². The highest BCUT2D eigenvalue weighted by Crippen LogP contribution is 2.37. The first-order valence-corrected chi connectivity index (χ1v) is 11.4. The van der Waals surface area contributed by atoms with Gasteiger partial charge in [0.15, 0.2) is 5.11 Å². The monoisotopic (exact) mass is 484 g/mol. The van der Waals surface area contributed by atoms with Gasteiger partial charge < -0.3 is 15.4 Å². The number of rotatable bonds is 4. The largest absolute Gasteiger partial charge is 0.462 e. The minimum absolute atomic E-state index is 0.237. The molecular weight excluding hydrogens is 463 g/mol. The lowest BCUT2D eigenvalue weighted by molar-refractivity contribution is 0.0526. The summed E-state index contributed by atoms with van der Waals surface area (Å²) in [5, 5.41) is 6.87. The zero-order valence-electron chi connectivity index (χ0n) is 15.6. The van der Waals surface area contributed by atoms with Crippen LogP contribution < -0.4 is 10.6 Å². The van der Waals surface area contributed by atoms with Crippen LogP contribution >= 0.6 is 39.5 Å². The Morgan fingerprint density at radius 3 is 2.71 bits per heavy atom. The third-order valence-corrected chi connectivity index (χ3v) is 6.46. The Morgan fingerprint density at radius 2 is 2.00 bits per heavy atom. The maximum atomic E-state index is 14.1. The van der Waals surface area contributed by atoms with E-state index in [1.54, 1.807) is 30.4 Å². The number of hydrogen-bond acceptors (Lipinski definition) is 4. The molecule has 0 amide bonds. The van der Waals surface area contributed by atoms with Gasteiger partial charge in [-0.2, -0.15) is 0 Å². The van der Waals surface area contributed by atoms with Crippen molar-refractivity contribution >= 4 is 61.3 Å². The van der Waals surface area contributed by atoms with Crippen LogP contribution in [0.4, 0.5) is 15.1 Å². The number of thiophene rings is 1. The van der Waals surface area contributed by atoms with E-state index in [-0.39, 0.29) is 16.8 Å². The maximum Gasteiger partial charge on any atom is 0.341 e. The van der Waals surface area contributed by atoms with E-state index >= 15 is 0 Å². The third kappa shape index (κ3) is 5.10. The summed E-state index contributed by atoms with van der Waals surface area (Å²) in [7, 11) is 0. The zero-order valence-corrected chi connectivity index (χ0v) is 18.8. The number of anilines is 2. The number of hydrogen-bond donors (Lipinski definition) is 2. The number of halogens is 2. The van der Waals surface area contributed by atoms with E-state index in [2.05, 4.69) is 26.6 Å². The van der Waals surface area contributed by atoms with E-state index in [1.165, 1.54) is 23.8 Å². The quantitative estimate of drug-likeness (QED) is 0.394. The van der Waals surface area contributed by atoms with Gasteiger partial charge in [0, 0.05) is 9.35 Å². The summed E-state index contributed by atoms with van der Waals surface area (Å²) in [6, 6.07) is 4.70. The lowest BCUT2D eigenvalue weighted by Gasteiger charge is -2.13. The van der Waals surface area contributed by atoms with Crippen LogP contribution in [0.5, 0.6) is 0 Å². The average Bonchev–Trinajstić information content (AvgIpc) is 2.94. The van der Waals surface area contributed by atoms with Crippen molar-refractivity contribution in [2.24, 2.45) is 0 Å². The predicted octanol–water partition coefficient (Wildman–Crippen LogP) is 6.29. The van der Waals surface area contributed by atoms with Crippen molar-refractivity contribution in [3.05, 3.63) is 44.5 Å². The molecule has 1 aromatic carbocycles. The standard InChI is InChI=1S/C20H22BrFN2O2S2/c1-2-26-19(25)17-13-7-5-3-4-6-8-16(13)28-18(17)24-20(27)23-15-10-9-12(21)11-14(15)22/h9-11H,2-8H2,1H3,(H2,23,24,27). The number of thiocarbonyl (C=S) groups is 1. The Morgan fingerprint density at radius 1 is 1.25 bits per heavy atom. The van der Waals surface area contributed by atoms with Crippen molar-refractivity contribution in [3.63, 3.8) is 0 Å². The molecule has 1 aromatic heterocycles. The zero-order chi connectivity index (χ0) is 20.1. The molecule has 2 N–H and O–H groups in total. The Kier molecular flexibility index (Phi) is 7.42. The maximum absolute atomic E-state index is 14.1. The smallest absolute Gasteiger partial charge is 0.341 e. The van der Waals surface area contributed by atoms with Crippen LogP contribution in [-0.4, -0.2) is 17.7 Å². The summed E-state index contributed by atoms with van der Waals surface area (Å²) < 4.78 is 20.0. The van der Waals surface area contributed by atoms with E-state index in [9.17, 15) is 9.18 Å². The lowest BCUT2D eigenvalue weighted by atomic mass is 9.96. The molecular formula is C20H22BrFN2O2S2. The van der Waals surface area contributed by atoms with Crippen LogP contribution in [0.25, 0.3) is 0 Å². The highest BCUT2D eigenvalue weighted by molar-refractivity contribution is 9.10. The van der Waals surface area contributed by atoms with Gasteiger partial charge in [-0.15, -0.1) is 11.3 Å². The predicted molar refractivity (Wildman–Crippen MR) is 120 cm³/mol. The van der Waals surface area contributed by atoms with E-state index in [0.29, 0.717) is 21.6 Å². The Balaban J connectivity index is 1.86. The first-order chi connectivity index (χ1) is 13.5. The lowest BCUT2D eigenvalue weighted by Crippen LogP contribution is -2.21. The summed E-state index contributed by atoms with van der Waals surface area (Å²) in [4.78, 5) is 13.9. The van der Waals surface area contributed by atoms with Crippen molar-refractivity contribution in [2.45, 2.75) is 45.4 Å². The molecule has 0 saturated carbocycles. The molecule has 8 heteroatoms. The van der Waals surface area contributed by atoms with Gasteiger partial charge in [-0.1, -0.05) is 28.8 Å². The van der Waals surface area contributed by atoms with Gasteiger partial charge in [0.25, 0.3) is 0 Å². The van der Waals surface area contributed by atoms with Gasteiger partial charge >= 0.3 is 5.97 Å². The van der Waals surface area contributed by atoms with Crippen LogP contribution in [0.2, 0.25) is 0 Å². The third-order valence-electron chi connectivity index (χ3n) is 4.56. The van der Waals surface area contributed by atoms with Gasteiger partial charge in [0.1, 0.15) is 10.8 Å². The van der Waals surface area contributed by atoms with E-state index < -0.39 is 5.82 Å². The van der Waals surface area contributed by atoms with Crippen LogP contribution in [0, 0.1) is 5.82 Å². The molecule has 0 bridgehead atoms. The summed E-state index contributed by atoms with van der Waals surface area (Å²) in [5.41, 5.74) is 1.92. The highest BCUT2D eigenvalue weighted by Gasteiger charge is 2.25. The number of carbonyl (C=O) groups is 1. The first kappa shape index (κ1) is 21.2. The molecule has 0 saturated heterocycles. The van der Waals surface area contributed by atoms with Gasteiger partial charge in [-0.25, -0.2) is 9.18 Å². The topological polar surface area (TPSA) is 50.4 Å². The Hall–Kier alpha value is -1.51. The Bertz CT molecular complexity index is 885. The molecule has 28 heavy (non-hydrogen) atoms. The van der Waals surface area contributed by atoms with Crippen molar-refractivity contribution in [3.8, 4) is 0 Å². The molecule has 0 spiro atoms. The van der Waals surface area contributed by atoms with Crippen molar-refractivity contribution in [1.29, 1.82) is 0 Å². The number of esters is 1. The molecule has 0 fully saturated rings. The molecule has 0 unspecified atom stereocenters. The molecule has 1 aliphatic carbocycles. The van der Waals surface area contributed by atoms with Crippen LogP contribution in [0.1, 0.15) is 53.4 Å². The van der Waals surface area contributed by atoms with Crippen molar-refractivity contribution in [2.75, 3.05) is 17.2 Å². The normalized spacial score (nSPS) is 13.8. The molecule has 0 atom stereocenters. The van der Waals surface area contributed by atoms with Gasteiger partial charge in [-0.05, 0) is 68.6 Å². The minimum Gasteiger partial charge on any atom is -0.462 e. The average molecular weight is 485 g/mol. The second kappa shape index (κ2) is 9.80. The Labute approximate surface area is 182 Å². The van der Waals surface area contributed by atoms with E-state index in [0.717, 1.165) is 31.2 Å². The molecule has 3 rings (SSSR count). The molecule has 2 aromatic rings. The minimum atomic E-state index is -0.414. The number of nitrogens with one attached hydrogen (secondary N) is 2. The van der Waals surface area contributed by atoms with Crippen LogP contribution in [0.15, 0.2) is 22.7 Å². The number of fused-ring (bicyclic) bond motifs is 1. The second-order valence-electron chi connectivity index (χ2n) is 6.55. The fourth-order valence-electron chi connectivity index (χ4n) is 3.27. The molecule has 1 aliphatic rings. The van der Waals surface area contributed by atoms with Crippen LogP contribution in [-0.2, 0) is 17.6 Å². The highest BCUT2D eigenvalue weighted by atomic mass is 79.9.